The van der Waals surface area contributed by atoms with Gasteiger partial charge in [0, 0.05) is 39.6 Å². The zero-order valence-electron chi connectivity index (χ0n) is 20.8. The molecule has 3 heterocycles. The summed E-state index contributed by atoms with van der Waals surface area (Å²) >= 11 is 5.92. The fourth-order valence-electron chi connectivity index (χ4n) is 3.81. The minimum absolute atomic E-state index is 0.187. The summed E-state index contributed by atoms with van der Waals surface area (Å²) < 4.78 is 33.5. The molecule has 0 bridgehead atoms. The Hall–Kier alpha value is -5.22. The highest BCUT2D eigenvalue weighted by atomic mass is 35.5. The number of nitriles is 1. The number of carboxylic acid groups (broad SMARTS) is 1. The van der Waals surface area contributed by atoms with Crippen molar-refractivity contribution in [1.82, 2.24) is 24.7 Å². The van der Waals surface area contributed by atoms with Crippen LogP contribution in [0.25, 0.3) is 22.3 Å². The molecule has 5 rings (SSSR count). The Morgan fingerprint density at radius 1 is 1.15 bits per heavy atom. The molecule has 2 aromatic carbocycles. The summed E-state index contributed by atoms with van der Waals surface area (Å²) in [5.41, 5.74) is 4.23. The van der Waals surface area contributed by atoms with Gasteiger partial charge in [0.25, 0.3) is 5.91 Å². The van der Waals surface area contributed by atoms with Gasteiger partial charge >= 0.3 is 12.1 Å². The number of fused-ring (bicyclic) bond motifs is 1. The molecular weight excluding hydrogens is 563 g/mol. The molecule has 0 saturated carbocycles. The molecule has 3 aromatic heterocycles. The van der Waals surface area contributed by atoms with Gasteiger partial charge < -0.3 is 15.4 Å². The number of halogens is 4. The number of aliphatic carboxylic acids is 1. The largest absolute Gasteiger partial charge is 0.490 e. The van der Waals surface area contributed by atoms with E-state index in [9.17, 15) is 23.2 Å². The van der Waals surface area contributed by atoms with E-state index < -0.39 is 12.1 Å². The van der Waals surface area contributed by atoms with Gasteiger partial charge in [0.2, 0.25) is 0 Å². The van der Waals surface area contributed by atoms with Crippen LogP contribution < -0.4 is 5.32 Å². The fourth-order valence-corrected chi connectivity index (χ4v) is 3.93. The Balaban J connectivity index is 0.000000493. The zero-order chi connectivity index (χ0) is 29.6. The molecule has 14 heteroatoms. The van der Waals surface area contributed by atoms with Crippen molar-refractivity contribution in [2.45, 2.75) is 18.6 Å². The van der Waals surface area contributed by atoms with Crippen LogP contribution in [0.1, 0.15) is 28.4 Å². The Morgan fingerprint density at radius 3 is 2.56 bits per heavy atom. The first-order valence-corrected chi connectivity index (χ1v) is 12.1. The van der Waals surface area contributed by atoms with E-state index in [1.165, 1.54) is 6.33 Å². The Labute approximate surface area is 235 Å². The van der Waals surface area contributed by atoms with Crippen molar-refractivity contribution in [3.63, 3.8) is 0 Å². The number of hydrogen-bond donors (Lipinski definition) is 3. The SMILES string of the molecule is N#CCC(c1cccc(C(=O)Nc2ccc(Cl)cc2)c1)n1cc(-c2ncnc3[nH]ccc23)cn1.O=C(O)C(F)(F)F. The second-order valence-corrected chi connectivity index (χ2v) is 8.88. The molecule has 3 N–H and O–H groups in total. The molecule has 41 heavy (non-hydrogen) atoms. The highest BCUT2D eigenvalue weighted by Gasteiger charge is 2.38. The quantitative estimate of drug-likeness (QED) is 0.227. The van der Waals surface area contributed by atoms with Crippen LogP contribution >= 0.6 is 11.6 Å². The average Bonchev–Trinajstić information content (AvgIpc) is 3.63. The second kappa shape index (κ2) is 12.3. The van der Waals surface area contributed by atoms with Gasteiger partial charge in [0.15, 0.2) is 0 Å². The van der Waals surface area contributed by atoms with Crippen molar-refractivity contribution >= 4 is 40.2 Å². The highest BCUT2D eigenvalue weighted by Crippen LogP contribution is 2.28. The van der Waals surface area contributed by atoms with Crippen molar-refractivity contribution in [2.75, 3.05) is 5.32 Å². The second-order valence-electron chi connectivity index (χ2n) is 8.44. The number of amides is 1. The van der Waals surface area contributed by atoms with E-state index in [0.717, 1.165) is 27.9 Å². The number of hydrogen-bond acceptors (Lipinski definition) is 6. The lowest BCUT2D eigenvalue weighted by atomic mass is 10.0. The van der Waals surface area contributed by atoms with E-state index in [1.807, 2.05) is 24.5 Å². The van der Waals surface area contributed by atoms with Gasteiger partial charge in [-0.05, 0) is 48.0 Å². The molecule has 0 aliphatic heterocycles. The van der Waals surface area contributed by atoms with Crippen LogP contribution in [0.3, 0.4) is 0 Å². The monoisotopic (exact) mass is 581 g/mol. The first kappa shape index (κ1) is 28.8. The minimum Gasteiger partial charge on any atom is -0.475 e. The number of H-pyrrole nitrogens is 1. The van der Waals surface area contributed by atoms with Gasteiger partial charge in [-0.1, -0.05) is 23.7 Å². The summed E-state index contributed by atoms with van der Waals surface area (Å²) in [4.78, 5) is 33.4. The third kappa shape index (κ3) is 7.06. The molecule has 0 fully saturated rings. The van der Waals surface area contributed by atoms with Crippen LogP contribution in [-0.4, -0.2) is 47.9 Å². The van der Waals surface area contributed by atoms with E-state index in [2.05, 4.69) is 31.4 Å². The van der Waals surface area contributed by atoms with Gasteiger partial charge in [-0.3, -0.25) is 9.48 Å². The number of aromatic nitrogens is 5. The topological polar surface area (TPSA) is 150 Å². The van der Waals surface area contributed by atoms with Crippen LogP contribution in [0.15, 0.2) is 79.5 Å². The van der Waals surface area contributed by atoms with Crippen LogP contribution in [0.2, 0.25) is 5.02 Å². The molecule has 208 valence electrons. The first-order chi connectivity index (χ1) is 19.6. The average molecular weight is 582 g/mol. The summed E-state index contributed by atoms with van der Waals surface area (Å²) in [6.07, 6.45) is 1.99. The Kier molecular flexibility index (Phi) is 8.64. The predicted octanol–water partition coefficient (Wildman–Crippen LogP) is 5.86. The molecule has 0 aliphatic rings. The van der Waals surface area contributed by atoms with Gasteiger partial charge in [-0.15, -0.1) is 0 Å². The summed E-state index contributed by atoms with van der Waals surface area (Å²) in [5.74, 6) is -3.01. The molecule has 1 unspecified atom stereocenters. The number of carboxylic acids is 1. The number of carbonyl (C=O) groups excluding carboxylic acids is 1. The van der Waals surface area contributed by atoms with Gasteiger partial charge in [0.05, 0.1) is 30.4 Å². The van der Waals surface area contributed by atoms with Crippen molar-refractivity contribution in [3.05, 3.63) is 95.7 Å². The lowest BCUT2D eigenvalue weighted by Crippen LogP contribution is -2.21. The summed E-state index contributed by atoms with van der Waals surface area (Å²) in [6.45, 7) is 0. The van der Waals surface area contributed by atoms with Crippen LogP contribution in [0, 0.1) is 11.3 Å². The molecule has 0 saturated heterocycles. The van der Waals surface area contributed by atoms with Crippen molar-refractivity contribution < 1.29 is 27.9 Å². The van der Waals surface area contributed by atoms with Crippen molar-refractivity contribution in [1.29, 1.82) is 5.26 Å². The zero-order valence-corrected chi connectivity index (χ0v) is 21.6. The lowest BCUT2D eigenvalue weighted by molar-refractivity contribution is -0.192. The molecule has 1 amide bonds. The van der Waals surface area contributed by atoms with Crippen LogP contribution in [-0.2, 0) is 4.79 Å². The van der Waals surface area contributed by atoms with Gasteiger partial charge in [-0.25, -0.2) is 14.8 Å². The van der Waals surface area contributed by atoms with Crippen LogP contribution in [0.5, 0.6) is 0 Å². The number of nitrogens with zero attached hydrogens (tertiary/aromatic N) is 5. The van der Waals surface area contributed by atoms with E-state index in [-0.39, 0.29) is 18.4 Å². The van der Waals surface area contributed by atoms with Gasteiger partial charge in [0.1, 0.15) is 12.0 Å². The van der Waals surface area contributed by atoms with E-state index >= 15 is 0 Å². The third-order valence-corrected chi connectivity index (χ3v) is 5.96. The molecule has 0 aliphatic carbocycles. The molecule has 5 aromatic rings. The lowest BCUT2D eigenvalue weighted by Gasteiger charge is -2.16. The Bertz CT molecular complexity index is 1730. The molecule has 0 radical (unpaired) electrons. The van der Waals surface area contributed by atoms with E-state index in [0.29, 0.717) is 16.3 Å². The van der Waals surface area contributed by atoms with Crippen LogP contribution in [0.4, 0.5) is 18.9 Å². The fraction of sp³-hybridized carbons (Fsp3) is 0.111. The number of carbonyl (C=O) groups is 2. The summed E-state index contributed by atoms with van der Waals surface area (Å²) in [7, 11) is 0. The maximum absolute atomic E-state index is 12.8. The summed E-state index contributed by atoms with van der Waals surface area (Å²) in [6, 6.07) is 17.9. The van der Waals surface area contributed by atoms with Crippen molar-refractivity contribution in [3.8, 4) is 17.3 Å². The number of alkyl halides is 3. The molecule has 1 atom stereocenters. The maximum Gasteiger partial charge on any atom is 0.490 e. The molecule has 0 spiro atoms. The van der Waals surface area contributed by atoms with Gasteiger partial charge in [-0.2, -0.15) is 23.5 Å². The predicted molar refractivity (Wildman–Crippen MR) is 143 cm³/mol. The van der Waals surface area contributed by atoms with Crippen molar-refractivity contribution in [2.24, 2.45) is 0 Å². The number of nitrogens with one attached hydrogen (secondary N) is 2. The number of rotatable bonds is 6. The Morgan fingerprint density at radius 2 is 1.88 bits per heavy atom. The number of aromatic amines is 1. The third-order valence-electron chi connectivity index (χ3n) is 5.71. The first-order valence-electron chi connectivity index (χ1n) is 11.7. The summed E-state index contributed by atoms with van der Waals surface area (Å²) in [5, 5.41) is 25.5. The smallest absolute Gasteiger partial charge is 0.475 e. The minimum atomic E-state index is -5.08. The number of anilines is 1. The molecule has 10 nitrogen and oxygen atoms in total. The standard InChI is InChI=1S/C25H18ClN7O.C2HF3O2/c26-19-4-6-20(7-5-19)32-25(34)17-3-1-2-16(12-17)22(8-10-27)33-14-18(13-31-33)23-21-9-11-28-24(21)30-15-29-23;3-2(4,5)1(6)7/h1-7,9,11-15,22H,8H2,(H,32,34)(H,28,29,30);(H,6,7). The van der Waals surface area contributed by atoms with E-state index in [4.69, 9.17) is 21.5 Å². The maximum atomic E-state index is 12.8. The number of benzene rings is 2. The highest BCUT2D eigenvalue weighted by molar-refractivity contribution is 6.30. The van der Waals surface area contributed by atoms with E-state index in [1.54, 1.807) is 53.3 Å². The normalized spacial score (nSPS) is 11.7. The molecular formula is C27H19ClF3N7O3.